The molecule has 1 atom stereocenters. The summed E-state index contributed by atoms with van der Waals surface area (Å²) in [7, 11) is 0. The van der Waals surface area contributed by atoms with E-state index in [-0.39, 0.29) is 37.2 Å². The zero-order valence-corrected chi connectivity index (χ0v) is 11.1. The first-order valence-electron chi connectivity index (χ1n) is 5.95. The quantitative estimate of drug-likeness (QED) is 0.621. The first-order valence-corrected chi connectivity index (χ1v) is 6.47. The van der Waals surface area contributed by atoms with Crippen LogP contribution in [-0.4, -0.2) is 41.0 Å². The van der Waals surface area contributed by atoms with Crippen LogP contribution >= 0.6 is 12.6 Å². The number of hydrogen-bond donors (Lipinski definition) is 2. The Morgan fingerprint density at radius 1 is 1.32 bits per heavy atom. The van der Waals surface area contributed by atoms with Gasteiger partial charge in [-0.05, 0) is 12.1 Å². The monoisotopic (exact) mass is 278 g/mol. The highest BCUT2D eigenvalue weighted by molar-refractivity contribution is 7.81. The maximum atomic E-state index is 11.7. The SMILES string of the molecule is O=C(NCCN1C(=O)CC(S)C1=O)c1ccccc1. The van der Waals surface area contributed by atoms with Crippen LogP contribution in [0.3, 0.4) is 0 Å². The lowest BCUT2D eigenvalue weighted by Gasteiger charge is -2.14. The molecule has 1 unspecified atom stereocenters. The van der Waals surface area contributed by atoms with E-state index in [0.717, 1.165) is 4.90 Å². The first-order chi connectivity index (χ1) is 9.09. The van der Waals surface area contributed by atoms with E-state index in [1.54, 1.807) is 24.3 Å². The van der Waals surface area contributed by atoms with Gasteiger partial charge in [-0.3, -0.25) is 19.3 Å². The molecule has 1 aliphatic heterocycles. The van der Waals surface area contributed by atoms with E-state index >= 15 is 0 Å². The highest BCUT2D eigenvalue weighted by atomic mass is 32.1. The van der Waals surface area contributed by atoms with E-state index in [1.165, 1.54) is 0 Å². The molecule has 6 heteroatoms. The number of likely N-dealkylation sites (tertiary alicyclic amines) is 1. The van der Waals surface area contributed by atoms with Crippen molar-refractivity contribution in [2.24, 2.45) is 0 Å². The van der Waals surface area contributed by atoms with Crippen molar-refractivity contribution in [1.29, 1.82) is 0 Å². The fourth-order valence-corrected chi connectivity index (χ4v) is 2.17. The normalized spacial score (nSPS) is 18.8. The zero-order valence-electron chi connectivity index (χ0n) is 10.2. The summed E-state index contributed by atoms with van der Waals surface area (Å²) in [6.07, 6.45) is 0.134. The lowest BCUT2D eigenvalue weighted by atomic mass is 10.2. The van der Waals surface area contributed by atoms with Crippen molar-refractivity contribution in [2.75, 3.05) is 13.1 Å². The Morgan fingerprint density at radius 3 is 2.58 bits per heavy atom. The molecule has 1 heterocycles. The highest BCUT2D eigenvalue weighted by Gasteiger charge is 2.35. The molecule has 0 radical (unpaired) electrons. The third kappa shape index (κ3) is 3.14. The molecule has 5 nitrogen and oxygen atoms in total. The van der Waals surface area contributed by atoms with E-state index in [1.807, 2.05) is 6.07 Å². The molecule has 100 valence electrons. The predicted octanol–water partition coefficient (Wildman–Crippen LogP) is 0.474. The summed E-state index contributed by atoms with van der Waals surface area (Å²) in [5.74, 6) is -0.747. The maximum Gasteiger partial charge on any atom is 0.251 e. The third-order valence-electron chi connectivity index (χ3n) is 2.88. The number of hydrogen-bond acceptors (Lipinski definition) is 4. The van der Waals surface area contributed by atoms with Crippen molar-refractivity contribution in [1.82, 2.24) is 10.2 Å². The van der Waals surface area contributed by atoms with Gasteiger partial charge in [0.25, 0.3) is 5.91 Å². The molecule has 0 saturated carbocycles. The van der Waals surface area contributed by atoms with Gasteiger partial charge in [0, 0.05) is 25.1 Å². The van der Waals surface area contributed by atoms with Crippen LogP contribution in [0.2, 0.25) is 0 Å². The van der Waals surface area contributed by atoms with Gasteiger partial charge in [0.2, 0.25) is 11.8 Å². The molecule has 1 N–H and O–H groups in total. The van der Waals surface area contributed by atoms with Gasteiger partial charge in [-0.1, -0.05) is 18.2 Å². The van der Waals surface area contributed by atoms with Crippen molar-refractivity contribution in [2.45, 2.75) is 11.7 Å². The molecule has 3 amide bonds. The second kappa shape index (κ2) is 5.88. The Bertz CT molecular complexity index is 504. The van der Waals surface area contributed by atoms with E-state index in [4.69, 9.17) is 0 Å². The Labute approximate surface area is 116 Å². The number of nitrogens with zero attached hydrogens (tertiary/aromatic N) is 1. The summed E-state index contributed by atoms with van der Waals surface area (Å²) in [5, 5.41) is 2.13. The van der Waals surface area contributed by atoms with Crippen molar-refractivity contribution >= 4 is 30.4 Å². The number of nitrogens with one attached hydrogen (secondary N) is 1. The van der Waals surface area contributed by atoms with Gasteiger partial charge in [0.15, 0.2) is 0 Å². The van der Waals surface area contributed by atoms with Crippen LogP contribution in [0.25, 0.3) is 0 Å². The average Bonchev–Trinajstić information content (AvgIpc) is 2.66. The summed E-state index contributed by atoms with van der Waals surface area (Å²) in [6.45, 7) is 0.430. The Balaban J connectivity index is 1.83. The first kappa shape index (κ1) is 13.6. The number of thiol groups is 1. The number of rotatable bonds is 4. The van der Waals surface area contributed by atoms with Gasteiger partial charge in [0.05, 0.1) is 5.25 Å². The summed E-state index contributed by atoms with van der Waals surface area (Å²) >= 11 is 4.03. The standard InChI is InChI=1S/C13H14N2O3S/c16-11-8-10(19)13(18)15(11)7-6-14-12(17)9-4-2-1-3-5-9/h1-5,10,19H,6-8H2,(H,14,17). The van der Waals surface area contributed by atoms with Gasteiger partial charge in [0.1, 0.15) is 0 Å². The topological polar surface area (TPSA) is 66.5 Å². The minimum absolute atomic E-state index is 0.134. The van der Waals surface area contributed by atoms with Crippen LogP contribution in [0.5, 0.6) is 0 Å². The van der Waals surface area contributed by atoms with Crippen LogP contribution in [0.4, 0.5) is 0 Å². The van der Waals surface area contributed by atoms with Crippen molar-refractivity contribution in [3.63, 3.8) is 0 Å². The van der Waals surface area contributed by atoms with E-state index < -0.39 is 5.25 Å². The smallest absolute Gasteiger partial charge is 0.251 e. The Morgan fingerprint density at radius 2 is 2.00 bits per heavy atom. The number of benzene rings is 1. The van der Waals surface area contributed by atoms with Gasteiger partial charge in [-0.25, -0.2) is 0 Å². The summed E-state index contributed by atoms with van der Waals surface area (Å²) in [5.41, 5.74) is 0.550. The molecule has 0 spiro atoms. The van der Waals surface area contributed by atoms with E-state index in [0.29, 0.717) is 5.56 Å². The van der Waals surface area contributed by atoms with Crippen LogP contribution in [0.1, 0.15) is 16.8 Å². The molecule has 0 bridgehead atoms. The van der Waals surface area contributed by atoms with Crippen LogP contribution in [0, 0.1) is 0 Å². The average molecular weight is 278 g/mol. The number of amides is 3. The summed E-state index contributed by atoms with van der Waals surface area (Å²) in [6, 6.07) is 8.77. The number of carbonyl (C=O) groups excluding carboxylic acids is 3. The van der Waals surface area contributed by atoms with Crippen molar-refractivity contribution < 1.29 is 14.4 Å². The number of imide groups is 1. The van der Waals surface area contributed by atoms with Gasteiger partial charge < -0.3 is 5.32 Å². The number of carbonyl (C=O) groups is 3. The van der Waals surface area contributed by atoms with Crippen molar-refractivity contribution in [3.05, 3.63) is 35.9 Å². The molecule has 1 fully saturated rings. The lowest BCUT2D eigenvalue weighted by molar-refractivity contribution is -0.138. The molecule has 19 heavy (non-hydrogen) atoms. The molecular formula is C13H14N2O3S. The fraction of sp³-hybridized carbons (Fsp3) is 0.308. The molecular weight excluding hydrogens is 264 g/mol. The minimum Gasteiger partial charge on any atom is -0.350 e. The fourth-order valence-electron chi connectivity index (χ4n) is 1.87. The Hall–Kier alpha value is -1.82. The summed E-state index contributed by atoms with van der Waals surface area (Å²) in [4.78, 5) is 35.9. The molecule has 1 aromatic rings. The minimum atomic E-state index is -0.544. The lowest BCUT2D eigenvalue weighted by Crippen LogP contribution is -2.38. The maximum absolute atomic E-state index is 11.7. The van der Waals surface area contributed by atoms with Crippen molar-refractivity contribution in [3.8, 4) is 0 Å². The van der Waals surface area contributed by atoms with Crippen LogP contribution in [-0.2, 0) is 9.59 Å². The largest absolute Gasteiger partial charge is 0.350 e. The Kier molecular flexibility index (Phi) is 4.21. The molecule has 0 aliphatic carbocycles. The van der Waals surface area contributed by atoms with Gasteiger partial charge >= 0.3 is 0 Å². The second-order valence-electron chi connectivity index (χ2n) is 4.23. The van der Waals surface area contributed by atoms with Crippen LogP contribution in [0.15, 0.2) is 30.3 Å². The summed E-state index contributed by atoms with van der Waals surface area (Å²) < 4.78 is 0. The van der Waals surface area contributed by atoms with E-state index in [2.05, 4.69) is 17.9 Å². The molecule has 2 rings (SSSR count). The second-order valence-corrected chi connectivity index (χ2v) is 4.85. The van der Waals surface area contributed by atoms with Gasteiger partial charge in [-0.2, -0.15) is 12.6 Å². The third-order valence-corrected chi connectivity index (χ3v) is 3.28. The highest BCUT2D eigenvalue weighted by Crippen LogP contribution is 2.16. The predicted molar refractivity (Wildman–Crippen MR) is 72.9 cm³/mol. The molecule has 1 aliphatic rings. The molecule has 1 aromatic carbocycles. The molecule has 0 aromatic heterocycles. The molecule has 1 saturated heterocycles. The van der Waals surface area contributed by atoms with E-state index in [9.17, 15) is 14.4 Å². The zero-order chi connectivity index (χ0) is 13.8. The van der Waals surface area contributed by atoms with Gasteiger partial charge in [-0.15, -0.1) is 0 Å². The van der Waals surface area contributed by atoms with Crippen LogP contribution < -0.4 is 5.32 Å².